The highest BCUT2D eigenvalue weighted by Gasteiger charge is 2.19. The molecule has 0 spiro atoms. The molecule has 3 heterocycles. The molecule has 0 radical (unpaired) electrons. The number of nitrogens with zero attached hydrogens (tertiary/aromatic N) is 3. The van der Waals surface area contributed by atoms with Crippen molar-refractivity contribution in [1.82, 2.24) is 14.1 Å². The molecule has 2 aromatic carbocycles. The molecule has 0 unspecified atom stereocenters. The number of fused-ring (bicyclic) bond motifs is 1. The van der Waals surface area contributed by atoms with Gasteiger partial charge in [-0.2, -0.15) is 0 Å². The molecule has 5 aromatic rings. The van der Waals surface area contributed by atoms with Crippen LogP contribution in [0.2, 0.25) is 0 Å². The van der Waals surface area contributed by atoms with Crippen LogP contribution in [0.1, 0.15) is 40.0 Å². The van der Waals surface area contributed by atoms with Crippen molar-refractivity contribution < 1.29 is 9.21 Å². The Morgan fingerprint density at radius 3 is 2.53 bits per heavy atom. The third kappa shape index (κ3) is 4.54. The number of aromatic nitrogens is 3. The van der Waals surface area contributed by atoms with E-state index in [4.69, 9.17) is 9.40 Å². The first kappa shape index (κ1) is 23.9. The largest absolute Gasteiger partial charge is 0.467 e. The van der Waals surface area contributed by atoms with Gasteiger partial charge in [-0.1, -0.05) is 43.0 Å². The van der Waals surface area contributed by atoms with Crippen molar-refractivity contribution in [3.63, 3.8) is 0 Å². The van der Waals surface area contributed by atoms with Crippen LogP contribution in [0.15, 0.2) is 87.4 Å². The van der Waals surface area contributed by atoms with Crippen molar-refractivity contribution in [3.05, 3.63) is 112 Å². The van der Waals surface area contributed by atoms with Gasteiger partial charge >= 0.3 is 0 Å². The molecule has 0 atom stereocenters. The summed E-state index contributed by atoms with van der Waals surface area (Å²) in [6.45, 7) is 6.61. The van der Waals surface area contributed by atoms with Gasteiger partial charge in [0.25, 0.3) is 5.56 Å². The lowest BCUT2D eigenvalue weighted by Gasteiger charge is -2.13. The standard InChI is InChI=1S/C29H27N3O3S/c1-4-21-11-13-22(14-12-21)32-28(34)24-9-5-6-10-26(24)30-29(32)36-18-27(33)25-16-19(2)31(20(25)3)17-23-8-7-15-35-23/h5-16H,4,17-18H2,1-3H3. The Morgan fingerprint density at radius 1 is 1.03 bits per heavy atom. The normalized spacial score (nSPS) is 11.3. The second kappa shape index (κ2) is 10.0. The third-order valence-corrected chi connectivity index (χ3v) is 7.39. The topological polar surface area (TPSA) is 70.0 Å². The van der Waals surface area contributed by atoms with E-state index in [1.54, 1.807) is 16.9 Å². The smallest absolute Gasteiger partial charge is 0.266 e. The van der Waals surface area contributed by atoms with E-state index in [2.05, 4.69) is 11.5 Å². The minimum Gasteiger partial charge on any atom is -0.467 e. The van der Waals surface area contributed by atoms with Gasteiger partial charge < -0.3 is 8.98 Å². The molecule has 0 aliphatic carbocycles. The van der Waals surface area contributed by atoms with Crippen molar-refractivity contribution >= 4 is 28.4 Å². The number of thioether (sulfide) groups is 1. The maximum absolute atomic E-state index is 13.5. The minimum atomic E-state index is -0.142. The molecule has 3 aromatic heterocycles. The van der Waals surface area contributed by atoms with Gasteiger partial charge in [0.05, 0.1) is 35.2 Å². The minimum absolute atomic E-state index is 0.00548. The molecular formula is C29H27N3O3S. The fourth-order valence-corrected chi connectivity index (χ4v) is 5.31. The Morgan fingerprint density at radius 2 is 1.81 bits per heavy atom. The number of rotatable bonds is 8. The molecule has 7 heteroatoms. The van der Waals surface area contributed by atoms with Crippen LogP contribution in [0.4, 0.5) is 0 Å². The number of hydrogen-bond donors (Lipinski definition) is 0. The Balaban J connectivity index is 1.47. The van der Waals surface area contributed by atoms with Crippen molar-refractivity contribution in [2.45, 2.75) is 38.9 Å². The second-order valence-corrected chi connectivity index (χ2v) is 9.68. The molecule has 6 nitrogen and oxygen atoms in total. The average Bonchev–Trinajstić information content (AvgIpc) is 3.51. The number of para-hydroxylation sites is 1. The highest BCUT2D eigenvalue weighted by Crippen LogP contribution is 2.25. The zero-order valence-corrected chi connectivity index (χ0v) is 21.3. The molecule has 0 amide bonds. The van der Waals surface area contributed by atoms with Gasteiger partial charge in [0.15, 0.2) is 10.9 Å². The van der Waals surface area contributed by atoms with E-state index < -0.39 is 0 Å². The van der Waals surface area contributed by atoms with Crippen molar-refractivity contribution in [2.75, 3.05) is 5.75 Å². The molecule has 182 valence electrons. The fourth-order valence-electron chi connectivity index (χ4n) is 4.41. The van der Waals surface area contributed by atoms with E-state index in [1.165, 1.54) is 17.3 Å². The van der Waals surface area contributed by atoms with Gasteiger partial charge in [0, 0.05) is 17.0 Å². The number of hydrogen-bond acceptors (Lipinski definition) is 5. The summed E-state index contributed by atoms with van der Waals surface area (Å²) in [7, 11) is 0. The molecular weight excluding hydrogens is 470 g/mol. The molecule has 0 saturated heterocycles. The number of carbonyl (C=O) groups is 1. The van der Waals surface area contributed by atoms with E-state index in [0.717, 1.165) is 29.3 Å². The van der Waals surface area contributed by atoms with Gasteiger partial charge in [-0.25, -0.2) is 4.98 Å². The lowest BCUT2D eigenvalue weighted by Crippen LogP contribution is -2.22. The first-order valence-corrected chi connectivity index (χ1v) is 12.9. The van der Waals surface area contributed by atoms with E-state index in [0.29, 0.717) is 28.2 Å². The SMILES string of the molecule is CCc1ccc(-n2c(SCC(=O)c3cc(C)n(Cc4ccco4)c3C)nc3ccccc3c2=O)cc1. The molecule has 0 aliphatic heterocycles. The molecule has 0 saturated carbocycles. The summed E-state index contributed by atoms with van der Waals surface area (Å²) < 4.78 is 9.18. The molecule has 0 aliphatic rings. The van der Waals surface area contributed by atoms with Gasteiger partial charge in [-0.3, -0.25) is 14.2 Å². The van der Waals surface area contributed by atoms with Gasteiger partial charge in [-0.05, 0) is 68.3 Å². The zero-order chi connectivity index (χ0) is 25.2. The molecule has 0 N–H and O–H groups in total. The first-order valence-electron chi connectivity index (χ1n) is 11.9. The predicted octanol–water partition coefficient (Wildman–Crippen LogP) is 5.98. The van der Waals surface area contributed by atoms with E-state index in [9.17, 15) is 9.59 Å². The summed E-state index contributed by atoms with van der Waals surface area (Å²) in [6.07, 6.45) is 2.57. The number of ketones is 1. The van der Waals surface area contributed by atoms with Crippen molar-refractivity contribution in [2.24, 2.45) is 0 Å². The van der Waals surface area contributed by atoms with Gasteiger partial charge in [0.1, 0.15) is 5.76 Å². The number of benzene rings is 2. The number of aryl methyl sites for hydroxylation is 2. The second-order valence-electron chi connectivity index (χ2n) is 8.73. The van der Waals surface area contributed by atoms with Crippen LogP contribution in [-0.4, -0.2) is 25.7 Å². The highest BCUT2D eigenvalue weighted by atomic mass is 32.2. The zero-order valence-electron chi connectivity index (χ0n) is 20.5. The van der Waals surface area contributed by atoms with E-state index in [1.807, 2.05) is 74.5 Å². The molecule has 36 heavy (non-hydrogen) atoms. The summed E-state index contributed by atoms with van der Waals surface area (Å²) in [5.41, 5.74) is 4.97. The Kier molecular flexibility index (Phi) is 6.65. The quantitative estimate of drug-likeness (QED) is 0.150. The van der Waals surface area contributed by atoms with Gasteiger partial charge in [-0.15, -0.1) is 0 Å². The highest BCUT2D eigenvalue weighted by molar-refractivity contribution is 7.99. The lowest BCUT2D eigenvalue weighted by atomic mass is 10.1. The number of carbonyl (C=O) groups excluding carboxylic acids is 1. The summed E-state index contributed by atoms with van der Waals surface area (Å²) >= 11 is 1.29. The first-order chi connectivity index (χ1) is 17.5. The van der Waals surface area contributed by atoms with Crippen LogP contribution in [0.3, 0.4) is 0 Å². The Labute approximate surface area is 213 Å². The number of furan rings is 1. The molecule has 5 rings (SSSR count). The van der Waals surface area contributed by atoms with Crippen molar-refractivity contribution in [3.8, 4) is 5.69 Å². The van der Waals surface area contributed by atoms with Crippen LogP contribution in [0, 0.1) is 13.8 Å². The Hall–Kier alpha value is -3.84. The van der Waals surface area contributed by atoms with Crippen molar-refractivity contribution in [1.29, 1.82) is 0 Å². The van der Waals surface area contributed by atoms with E-state index in [-0.39, 0.29) is 17.1 Å². The molecule has 0 bridgehead atoms. The third-order valence-electron chi connectivity index (χ3n) is 6.45. The Bertz CT molecular complexity index is 1600. The number of Topliss-reactive ketones (excluding diaryl/α,β-unsaturated/α-hetero) is 1. The maximum Gasteiger partial charge on any atom is 0.266 e. The van der Waals surface area contributed by atoms with Crippen LogP contribution >= 0.6 is 11.8 Å². The van der Waals surface area contributed by atoms with E-state index >= 15 is 0 Å². The maximum atomic E-state index is 13.5. The monoisotopic (exact) mass is 497 g/mol. The molecule has 0 fully saturated rings. The van der Waals surface area contributed by atoms with Crippen LogP contribution in [0.5, 0.6) is 0 Å². The summed E-state index contributed by atoms with van der Waals surface area (Å²) in [6, 6.07) is 20.9. The van der Waals surface area contributed by atoms with Gasteiger partial charge in [0.2, 0.25) is 0 Å². The summed E-state index contributed by atoms with van der Waals surface area (Å²) in [5.74, 6) is 1.00. The summed E-state index contributed by atoms with van der Waals surface area (Å²) in [4.78, 5) is 31.6. The predicted molar refractivity (Wildman–Crippen MR) is 143 cm³/mol. The van der Waals surface area contributed by atoms with Crippen LogP contribution in [0.25, 0.3) is 16.6 Å². The average molecular weight is 498 g/mol. The van der Waals surface area contributed by atoms with Crippen LogP contribution in [-0.2, 0) is 13.0 Å². The lowest BCUT2D eigenvalue weighted by molar-refractivity contribution is 0.102. The summed E-state index contributed by atoms with van der Waals surface area (Å²) in [5, 5.41) is 1.05. The fraction of sp³-hybridized carbons (Fsp3) is 0.207. The van der Waals surface area contributed by atoms with Crippen LogP contribution < -0.4 is 5.56 Å².